The zero-order chi connectivity index (χ0) is 21.3. The van der Waals surface area contributed by atoms with Gasteiger partial charge in [-0.15, -0.1) is 0 Å². The lowest BCUT2D eigenvalue weighted by Crippen LogP contribution is -2.49. The van der Waals surface area contributed by atoms with Crippen LogP contribution in [-0.4, -0.2) is 50.5 Å². The molecule has 0 aliphatic heterocycles. The lowest BCUT2D eigenvalue weighted by molar-refractivity contribution is -0.150. The Morgan fingerprint density at radius 2 is 1.64 bits per heavy atom. The Morgan fingerprint density at radius 3 is 2.11 bits per heavy atom. The van der Waals surface area contributed by atoms with Crippen molar-refractivity contribution in [3.63, 3.8) is 0 Å². The Balaban J connectivity index is 3.40. The molecule has 0 aliphatic rings. The third kappa shape index (κ3) is 6.86. The summed E-state index contributed by atoms with van der Waals surface area (Å²) in [4.78, 5) is 24.7. The molecule has 1 aromatic rings. The molecule has 0 fully saturated rings. The second-order valence-electron chi connectivity index (χ2n) is 6.53. The van der Waals surface area contributed by atoms with Gasteiger partial charge < -0.3 is 9.47 Å². The second-order valence-corrected chi connectivity index (χ2v) is 8.98. The Labute approximate surface area is 175 Å². The van der Waals surface area contributed by atoms with Crippen LogP contribution in [0.1, 0.15) is 39.7 Å². The number of hydrogen-bond donors (Lipinski definition) is 0. The van der Waals surface area contributed by atoms with E-state index in [1.165, 1.54) is 12.1 Å². The molecule has 0 saturated heterocycles. The maximum Gasteiger partial charge on any atom is 0.324 e. The van der Waals surface area contributed by atoms with Crippen molar-refractivity contribution in [2.24, 2.45) is 5.92 Å². The average molecular weight is 478 g/mol. The Bertz CT molecular complexity index is 748. The van der Waals surface area contributed by atoms with Gasteiger partial charge in [-0.25, -0.2) is 8.42 Å². The molecule has 1 rings (SSSR count). The van der Waals surface area contributed by atoms with Gasteiger partial charge in [-0.1, -0.05) is 41.9 Å². The third-order valence-electron chi connectivity index (χ3n) is 3.88. The molecule has 158 valence electrons. The topological polar surface area (TPSA) is 90.0 Å². The normalized spacial score (nSPS) is 12.8. The van der Waals surface area contributed by atoms with Gasteiger partial charge in [0.05, 0.1) is 18.1 Å². The van der Waals surface area contributed by atoms with Gasteiger partial charge in [-0.05, 0) is 43.9 Å². The van der Waals surface area contributed by atoms with Gasteiger partial charge in [-0.3, -0.25) is 9.59 Å². The molecule has 7 nitrogen and oxygen atoms in total. The van der Waals surface area contributed by atoms with Gasteiger partial charge >= 0.3 is 11.9 Å². The highest BCUT2D eigenvalue weighted by Crippen LogP contribution is 2.24. The van der Waals surface area contributed by atoms with E-state index in [1.807, 2.05) is 13.8 Å². The predicted molar refractivity (Wildman–Crippen MR) is 109 cm³/mol. The minimum atomic E-state index is -4.13. The van der Waals surface area contributed by atoms with Crippen molar-refractivity contribution in [2.45, 2.75) is 50.4 Å². The first kappa shape index (κ1) is 24.6. The lowest BCUT2D eigenvalue weighted by atomic mass is 10.0. The number of carbonyl (C=O) groups excluding carboxylic acids is 2. The summed E-state index contributed by atoms with van der Waals surface area (Å²) < 4.78 is 37.5. The van der Waals surface area contributed by atoms with E-state index in [2.05, 4.69) is 15.9 Å². The number of benzene rings is 1. The van der Waals surface area contributed by atoms with Crippen LogP contribution < -0.4 is 0 Å². The number of alkyl halides is 1. The number of ether oxygens (including phenoxy) is 2. The van der Waals surface area contributed by atoms with E-state index >= 15 is 0 Å². The minimum absolute atomic E-state index is 0.000414. The molecule has 0 radical (unpaired) electrons. The van der Waals surface area contributed by atoms with Crippen molar-refractivity contribution in [2.75, 3.05) is 19.8 Å². The fourth-order valence-electron chi connectivity index (χ4n) is 2.60. The first-order chi connectivity index (χ1) is 13.2. The van der Waals surface area contributed by atoms with Crippen LogP contribution in [-0.2, 0) is 34.4 Å². The van der Waals surface area contributed by atoms with Crippen LogP contribution in [0.3, 0.4) is 0 Å². The third-order valence-corrected chi connectivity index (χ3v) is 6.39. The summed E-state index contributed by atoms with van der Waals surface area (Å²) in [5, 5.41) is 0.582. The van der Waals surface area contributed by atoms with Crippen molar-refractivity contribution >= 4 is 37.9 Å². The smallest absolute Gasteiger partial charge is 0.324 e. The summed E-state index contributed by atoms with van der Waals surface area (Å²) in [7, 11) is -4.13. The molecule has 0 saturated carbocycles. The molecule has 1 aromatic carbocycles. The molecule has 0 spiro atoms. The van der Waals surface area contributed by atoms with Crippen molar-refractivity contribution in [3.05, 3.63) is 29.8 Å². The van der Waals surface area contributed by atoms with Crippen LogP contribution in [0.2, 0.25) is 0 Å². The summed E-state index contributed by atoms with van der Waals surface area (Å²) in [6, 6.07) is 5.15. The van der Waals surface area contributed by atoms with Crippen LogP contribution in [0.5, 0.6) is 0 Å². The Kier molecular flexibility index (Phi) is 10.1. The predicted octanol–water partition coefficient (Wildman–Crippen LogP) is 3.11. The summed E-state index contributed by atoms with van der Waals surface area (Å²) in [5.41, 5.74) is 0.903. The molecule has 28 heavy (non-hydrogen) atoms. The number of hydrogen-bond acceptors (Lipinski definition) is 6. The molecular weight excluding hydrogens is 450 g/mol. The molecule has 1 atom stereocenters. The number of esters is 2. The second kappa shape index (κ2) is 11.5. The van der Waals surface area contributed by atoms with Gasteiger partial charge in [0.1, 0.15) is 12.6 Å². The number of carbonyl (C=O) groups is 2. The Hall–Kier alpha value is -1.45. The van der Waals surface area contributed by atoms with Crippen molar-refractivity contribution in [1.82, 2.24) is 4.31 Å². The highest BCUT2D eigenvalue weighted by atomic mass is 79.9. The van der Waals surface area contributed by atoms with Crippen LogP contribution in [0.25, 0.3) is 0 Å². The summed E-state index contributed by atoms with van der Waals surface area (Å²) in [6.45, 7) is 6.67. The Morgan fingerprint density at radius 1 is 1.07 bits per heavy atom. The average Bonchev–Trinajstić information content (AvgIpc) is 2.64. The molecule has 0 aromatic heterocycles. The van der Waals surface area contributed by atoms with E-state index in [0.29, 0.717) is 5.33 Å². The van der Waals surface area contributed by atoms with E-state index in [4.69, 9.17) is 9.47 Å². The first-order valence-corrected chi connectivity index (χ1v) is 11.7. The van der Waals surface area contributed by atoms with Crippen molar-refractivity contribution in [1.29, 1.82) is 0 Å². The molecule has 0 bridgehead atoms. The van der Waals surface area contributed by atoms with E-state index < -0.39 is 34.5 Å². The zero-order valence-corrected chi connectivity index (χ0v) is 19.1. The number of sulfonamides is 1. The molecule has 0 unspecified atom stereocenters. The van der Waals surface area contributed by atoms with Crippen LogP contribution in [0.4, 0.5) is 0 Å². The van der Waals surface area contributed by atoms with Crippen LogP contribution in [0.15, 0.2) is 29.2 Å². The van der Waals surface area contributed by atoms with Crippen LogP contribution in [0, 0.1) is 5.92 Å². The number of halogens is 1. The maximum atomic E-state index is 13.3. The molecular formula is C19H28BrNO6S. The molecule has 0 aliphatic carbocycles. The van der Waals surface area contributed by atoms with Crippen LogP contribution >= 0.6 is 15.9 Å². The molecule has 0 N–H and O–H groups in total. The van der Waals surface area contributed by atoms with E-state index in [1.54, 1.807) is 26.0 Å². The summed E-state index contributed by atoms with van der Waals surface area (Å²) in [5.74, 6) is -1.40. The summed E-state index contributed by atoms with van der Waals surface area (Å²) >= 11 is 3.32. The van der Waals surface area contributed by atoms with E-state index in [0.717, 1.165) is 9.87 Å². The highest BCUT2D eigenvalue weighted by Gasteiger charge is 2.39. The van der Waals surface area contributed by atoms with Gasteiger partial charge in [-0.2, -0.15) is 4.31 Å². The van der Waals surface area contributed by atoms with Gasteiger partial charge in [0.25, 0.3) is 0 Å². The van der Waals surface area contributed by atoms with E-state index in [9.17, 15) is 18.0 Å². The maximum absolute atomic E-state index is 13.3. The van der Waals surface area contributed by atoms with Gasteiger partial charge in [0.15, 0.2) is 0 Å². The minimum Gasteiger partial charge on any atom is -0.465 e. The quantitative estimate of drug-likeness (QED) is 0.359. The molecule has 0 amide bonds. The van der Waals surface area contributed by atoms with Gasteiger partial charge in [0, 0.05) is 5.33 Å². The zero-order valence-electron chi connectivity index (χ0n) is 16.7. The largest absolute Gasteiger partial charge is 0.465 e. The SMILES string of the molecule is CCOC(=O)CN([C@@H](CC(C)C)C(=O)OCC)S(=O)(=O)c1ccc(CBr)cc1. The number of rotatable bonds is 11. The monoisotopic (exact) mass is 477 g/mol. The van der Waals surface area contributed by atoms with Crippen molar-refractivity contribution in [3.8, 4) is 0 Å². The summed E-state index contributed by atoms with van der Waals surface area (Å²) in [6.07, 6.45) is 0.219. The fourth-order valence-corrected chi connectivity index (χ4v) is 4.51. The fraction of sp³-hybridized carbons (Fsp3) is 0.579. The highest BCUT2D eigenvalue weighted by molar-refractivity contribution is 9.08. The molecule has 9 heteroatoms. The lowest BCUT2D eigenvalue weighted by Gasteiger charge is -2.29. The number of nitrogens with zero attached hydrogens (tertiary/aromatic N) is 1. The standard InChI is InChI=1S/C19H28BrNO6S/c1-5-26-18(22)13-21(17(11-14(3)4)19(23)27-6-2)28(24,25)16-9-7-15(12-20)8-10-16/h7-10,14,17H,5-6,11-13H2,1-4H3/t17-/m0/s1. The molecule has 0 heterocycles. The van der Waals surface area contributed by atoms with E-state index in [-0.39, 0.29) is 30.4 Å². The first-order valence-electron chi connectivity index (χ1n) is 9.16. The van der Waals surface area contributed by atoms with Crippen molar-refractivity contribution < 1.29 is 27.5 Å². The van der Waals surface area contributed by atoms with Gasteiger partial charge in [0.2, 0.25) is 10.0 Å².